The molecule has 0 aliphatic carbocycles. The fourth-order valence-corrected chi connectivity index (χ4v) is 2.27. The van der Waals surface area contributed by atoms with E-state index in [2.05, 4.69) is 26.0 Å². The number of benzene rings is 1. The first-order valence-corrected chi connectivity index (χ1v) is 7.05. The van der Waals surface area contributed by atoms with E-state index < -0.39 is 11.7 Å². The lowest BCUT2D eigenvalue weighted by molar-refractivity contribution is -0.138. The van der Waals surface area contributed by atoms with Gasteiger partial charge in [0.15, 0.2) is 0 Å². The lowest BCUT2D eigenvalue weighted by atomic mass is 10.1. The highest BCUT2D eigenvalue weighted by atomic mass is 79.9. The summed E-state index contributed by atoms with van der Waals surface area (Å²) < 4.78 is 40.1. The van der Waals surface area contributed by atoms with Crippen LogP contribution in [0, 0.1) is 6.92 Å². The standard InChI is InChI=1S/C13H12BrF3N4/c1-8-7-21(12(18)20-8)19-6-9-2-3-10(5-14)11(4-9)13(15,16)17/h2-4,6-7H,5H2,1H3,(H2,18,20). The Balaban J connectivity index is 2.35. The fourth-order valence-electron chi connectivity index (χ4n) is 1.78. The highest BCUT2D eigenvalue weighted by Gasteiger charge is 2.33. The summed E-state index contributed by atoms with van der Waals surface area (Å²) >= 11 is 3.05. The van der Waals surface area contributed by atoms with E-state index in [0.717, 1.165) is 6.07 Å². The van der Waals surface area contributed by atoms with Crippen LogP contribution >= 0.6 is 15.9 Å². The molecular formula is C13H12BrF3N4. The van der Waals surface area contributed by atoms with Crippen LogP contribution in [0.2, 0.25) is 0 Å². The molecule has 0 saturated carbocycles. The van der Waals surface area contributed by atoms with E-state index in [1.165, 1.54) is 17.0 Å². The third-order valence-corrected chi connectivity index (χ3v) is 3.35. The third kappa shape index (κ3) is 3.63. The van der Waals surface area contributed by atoms with Gasteiger partial charge in [-0.1, -0.05) is 28.1 Å². The van der Waals surface area contributed by atoms with Gasteiger partial charge >= 0.3 is 6.18 Å². The fraction of sp³-hybridized carbons (Fsp3) is 0.231. The summed E-state index contributed by atoms with van der Waals surface area (Å²) in [6.07, 6.45) is -1.51. The van der Waals surface area contributed by atoms with Gasteiger partial charge in [-0.3, -0.25) is 0 Å². The van der Waals surface area contributed by atoms with Crippen LogP contribution in [0.3, 0.4) is 0 Å². The molecule has 112 valence electrons. The van der Waals surface area contributed by atoms with Crippen molar-refractivity contribution < 1.29 is 13.2 Å². The van der Waals surface area contributed by atoms with E-state index in [1.54, 1.807) is 19.2 Å². The summed E-state index contributed by atoms with van der Waals surface area (Å²) in [4.78, 5) is 3.95. The molecule has 0 radical (unpaired) electrons. The Morgan fingerprint density at radius 1 is 1.43 bits per heavy atom. The molecule has 2 rings (SSSR count). The summed E-state index contributed by atoms with van der Waals surface area (Å²) in [5.74, 6) is 0.178. The molecule has 1 heterocycles. The minimum atomic E-state index is -4.41. The number of aromatic nitrogens is 2. The van der Waals surface area contributed by atoms with E-state index in [-0.39, 0.29) is 16.8 Å². The number of rotatable bonds is 3. The number of nitrogens with two attached hydrogens (primary N) is 1. The van der Waals surface area contributed by atoms with Crippen molar-refractivity contribution in [1.82, 2.24) is 9.66 Å². The molecule has 0 aliphatic rings. The van der Waals surface area contributed by atoms with Gasteiger partial charge in [0, 0.05) is 5.33 Å². The quantitative estimate of drug-likeness (QED) is 0.671. The largest absolute Gasteiger partial charge is 0.416 e. The monoisotopic (exact) mass is 360 g/mol. The highest BCUT2D eigenvalue weighted by molar-refractivity contribution is 9.08. The Labute approximate surface area is 127 Å². The van der Waals surface area contributed by atoms with Crippen molar-refractivity contribution in [1.29, 1.82) is 0 Å². The Kier molecular flexibility index (Phi) is 4.36. The molecule has 0 bridgehead atoms. The number of nitrogens with zero attached hydrogens (tertiary/aromatic N) is 3. The molecule has 0 atom stereocenters. The van der Waals surface area contributed by atoms with Crippen LogP contribution in [0.15, 0.2) is 29.5 Å². The highest BCUT2D eigenvalue weighted by Crippen LogP contribution is 2.33. The van der Waals surface area contributed by atoms with Crippen LogP contribution in [0.5, 0.6) is 0 Å². The molecule has 0 fully saturated rings. The number of halogens is 4. The van der Waals surface area contributed by atoms with Crippen LogP contribution in [-0.2, 0) is 11.5 Å². The van der Waals surface area contributed by atoms with Crippen LogP contribution in [0.4, 0.5) is 19.1 Å². The van der Waals surface area contributed by atoms with E-state index in [0.29, 0.717) is 11.3 Å². The van der Waals surface area contributed by atoms with Gasteiger partial charge in [0.1, 0.15) is 0 Å². The predicted molar refractivity (Wildman–Crippen MR) is 78.4 cm³/mol. The number of anilines is 1. The second kappa shape index (κ2) is 5.88. The van der Waals surface area contributed by atoms with Crippen molar-refractivity contribution in [3.05, 3.63) is 46.8 Å². The average molecular weight is 361 g/mol. The van der Waals surface area contributed by atoms with Gasteiger partial charge in [0.05, 0.1) is 23.7 Å². The van der Waals surface area contributed by atoms with Crippen molar-refractivity contribution >= 4 is 28.1 Å². The van der Waals surface area contributed by atoms with E-state index in [4.69, 9.17) is 5.73 Å². The SMILES string of the molecule is Cc1cn(N=Cc2ccc(CBr)c(C(F)(F)F)c2)c(N)n1. The molecule has 1 aromatic carbocycles. The molecule has 1 aromatic heterocycles. The maximum absolute atomic E-state index is 12.9. The summed E-state index contributed by atoms with van der Waals surface area (Å²) in [6.45, 7) is 1.74. The molecule has 4 nitrogen and oxygen atoms in total. The zero-order valence-corrected chi connectivity index (χ0v) is 12.6. The van der Waals surface area contributed by atoms with E-state index in [1.807, 2.05) is 0 Å². The van der Waals surface area contributed by atoms with Gasteiger partial charge in [0.25, 0.3) is 0 Å². The van der Waals surface area contributed by atoms with Crippen molar-refractivity contribution in [2.45, 2.75) is 18.4 Å². The zero-order valence-electron chi connectivity index (χ0n) is 11.0. The molecule has 2 aromatic rings. The molecule has 0 amide bonds. The van der Waals surface area contributed by atoms with Gasteiger partial charge in [0.2, 0.25) is 5.95 Å². The van der Waals surface area contributed by atoms with Gasteiger partial charge in [-0.05, 0) is 24.1 Å². The topological polar surface area (TPSA) is 56.2 Å². The number of nitrogen functional groups attached to an aromatic ring is 1. The maximum atomic E-state index is 12.9. The first kappa shape index (κ1) is 15.6. The Hall–Kier alpha value is -1.83. The second-order valence-electron chi connectivity index (χ2n) is 4.38. The van der Waals surface area contributed by atoms with Crippen LogP contribution in [-0.4, -0.2) is 15.9 Å². The summed E-state index contributed by atoms with van der Waals surface area (Å²) in [7, 11) is 0. The van der Waals surface area contributed by atoms with Gasteiger partial charge in [-0.25, -0.2) is 9.66 Å². The number of aryl methyl sites for hydroxylation is 1. The maximum Gasteiger partial charge on any atom is 0.416 e. The number of hydrogen-bond acceptors (Lipinski definition) is 3. The zero-order chi connectivity index (χ0) is 15.6. The number of alkyl halides is 4. The average Bonchev–Trinajstić information content (AvgIpc) is 2.73. The lowest BCUT2D eigenvalue weighted by Gasteiger charge is -2.11. The molecule has 2 N–H and O–H groups in total. The third-order valence-electron chi connectivity index (χ3n) is 2.75. The molecular weight excluding hydrogens is 349 g/mol. The first-order chi connectivity index (χ1) is 9.81. The molecule has 0 saturated heterocycles. The number of hydrogen-bond donors (Lipinski definition) is 1. The minimum absolute atomic E-state index is 0.132. The molecule has 0 unspecified atom stereocenters. The van der Waals surface area contributed by atoms with Crippen LogP contribution < -0.4 is 5.73 Å². The Morgan fingerprint density at radius 3 is 2.67 bits per heavy atom. The second-order valence-corrected chi connectivity index (χ2v) is 4.94. The van der Waals surface area contributed by atoms with Gasteiger partial charge < -0.3 is 5.73 Å². The minimum Gasteiger partial charge on any atom is -0.368 e. The summed E-state index contributed by atoms with van der Waals surface area (Å²) in [5, 5.41) is 4.13. The predicted octanol–water partition coefficient (Wildman–Crippen LogP) is 3.57. The molecule has 0 spiro atoms. The normalized spacial score (nSPS) is 12.2. The number of imidazole rings is 1. The molecule has 0 aliphatic heterocycles. The Morgan fingerprint density at radius 2 is 2.14 bits per heavy atom. The van der Waals surface area contributed by atoms with Crippen molar-refractivity contribution in [2.75, 3.05) is 5.73 Å². The lowest BCUT2D eigenvalue weighted by Crippen LogP contribution is -2.09. The van der Waals surface area contributed by atoms with Crippen molar-refractivity contribution in [3.63, 3.8) is 0 Å². The summed E-state index contributed by atoms with van der Waals surface area (Å²) in [6, 6.07) is 4.04. The van der Waals surface area contributed by atoms with Crippen LogP contribution in [0.25, 0.3) is 0 Å². The smallest absolute Gasteiger partial charge is 0.368 e. The van der Waals surface area contributed by atoms with Gasteiger partial charge in [-0.15, -0.1) is 0 Å². The Bertz CT molecular complexity index is 677. The van der Waals surface area contributed by atoms with E-state index >= 15 is 0 Å². The van der Waals surface area contributed by atoms with Crippen LogP contribution in [0.1, 0.15) is 22.4 Å². The van der Waals surface area contributed by atoms with Crippen molar-refractivity contribution in [3.8, 4) is 0 Å². The summed E-state index contributed by atoms with van der Waals surface area (Å²) in [5.41, 5.74) is 6.11. The van der Waals surface area contributed by atoms with Crippen molar-refractivity contribution in [2.24, 2.45) is 5.10 Å². The molecule has 8 heteroatoms. The van der Waals surface area contributed by atoms with E-state index in [9.17, 15) is 13.2 Å². The van der Waals surface area contributed by atoms with Gasteiger partial charge in [-0.2, -0.15) is 18.3 Å². The molecule has 21 heavy (non-hydrogen) atoms. The first-order valence-electron chi connectivity index (χ1n) is 5.93.